The van der Waals surface area contributed by atoms with Gasteiger partial charge in [0.2, 0.25) is 0 Å². The van der Waals surface area contributed by atoms with Gasteiger partial charge in [-0.3, -0.25) is 4.90 Å². The Hall–Kier alpha value is -3.56. The maximum atomic E-state index is 5.83. The third-order valence-electron chi connectivity index (χ3n) is 7.87. The molecule has 3 heterocycles. The number of aromatic amines is 1. The number of aromatic nitrogens is 1. The first-order valence-electron chi connectivity index (χ1n) is 12.4. The van der Waals surface area contributed by atoms with Gasteiger partial charge in [-0.15, -0.1) is 0 Å². The van der Waals surface area contributed by atoms with Crippen LogP contribution < -0.4 is 4.74 Å². The predicted molar refractivity (Wildman–Crippen MR) is 139 cm³/mol. The van der Waals surface area contributed by atoms with Gasteiger partial charge in [0.05, 0.1) is 12.6 Å². The molecule has 4 aromatic carbocycles. The van der Waals surface area contributed by atoms with E-state index in [2.05, 4.69) is 102 Å². The molecule has 0 fully saturated rings. The molecule has 0 saturated heterocycles. The van der Waals surface area contributed by atoms with Crippen LogP contribution in [0.5, 0.6) is 5.75 Å². The Morgan fingerprint density at radius 1 is 0.882 bits per heavy atom. The Morgan fingerprint density at radius 3 is 2.65 bits per heavy atom. The Morgan fingerprint density at radius 2 is 1.71 bits per heavy atom. The van der Waals surface area contributed by atoms with Gasteiger partial charge in [-0.25, -0.2) is 0 Å². The largest absolute Gasteiger partial charge is 0.493 e. The molecule has 0 saturated carbocycles. The number of benzene rings is 4. The summed E-state index contributed by atoms with van der Waals surface area (Å²) in [7, 11) is 0. The minimum Gasteiger partial charge on any atom is -0.493 e. The predicted octanol–water partition coefficient (Wildman–Crippen LogP) is 6.96. The number of para-hydroxylation sites is 1. The van der Waals surface area contributed by atoms with Crippen molar-refractivity contribution in [2.45, 2.75) is 31.8 Å². The highest BCUT2D eigenvalue weighted by molar-refractivity contribution is 5.87. The minimum atomic E-state index is 0.177. The molecule has 0 aliphatic carbocycles. The lowest BCUT2D eigenvalue weighted by Gasteiger charge is -2.41. The summed E-state index contributed by atoms with van der Waals surface area (Å²) in [5, 5.41) is 4.02. The quantitative estimate of drug-likeness (QED) is 0.326. The number of nitrogens with zero attached hydrogens (tertiary/aromatic N) is 1. The van der Waals surface area contributed by atoms with E-state index in [-0.39, 0.29) is 12.1 Å². The van der Waals surface area contributed by atoms with Gasteiger partial charge < -0.3 is 9.72 Å². The van der Waals surface area contributed by atoms with Crippen molar-refractivity contribution in [3.8, 4) is 5.75 Å². The molecular formula is C31H28N2O. The molecule has 2 aliphatic heterocycles. The SMILES string of the molecule is C[C@H](c1cccc2ccccc12)N1CCc2c([nH]c3ccccc23)[C@@H]1c1ccc2c(c1)CCO2. The summed E-state index contributed by atoms with van der Waals surface area (Å²) in [6, 6.07) is 31.5. The second kappa shape index (κ2) is 7.75. The van der Waals surface area contributed by atoms with Crippen LogP contribution in [0.3, 0.4) is 0 Å². The number of rotatable bonds is 3. The lowest BCUT2D eigenvalue weighted by Crippen LogP contribution is -2.38. The van der Waals surface area contributed by atoms with Crippen LogP contribution in [-0.4, -0.2) is 23.0 Å². The Balaban J connectivity index is 1.40. The third kappa shape index (κ3) is 3.00. The molecule has 34 heavy (non-hydrogen) atoms. The summed E-state index contributed by atoms with van der Waals surface area (Å²) in [5.41, 5.74) is 8.13. The molecule has 5 aromatic rings. The van der Waals surface area contributed by atoms with Gasteiger partial charge in [-0.2, -0.15) is 0 Å². The minimum absolute atomic E-state index is 0.177. The Bertz CT molecular complexity index is 1530. The monoisotopic (exact) mass is 444 g/mol. The molecule has 2 aliphatic rings. The van der Waals surface area contributed by atoms with Crippen LogP contribution in [0.1, 0.15) is 47.0 Å². The molecule has 0 spiro atoms. The fourth-order valence-electron chi connectivity index (χ4n) is 6.20. The van der Waals surface area contributed by atoms with Crippen LogP contribution in [0.25, 0.3) is 21.7 Å². The first kappa shape index (κ1) is 19.9. The highest BCUT2D eigenvalue weighted by atomic mass is 16.5. The van der Waals surface area contributed by atoms with Gasteiger partial charge in [-0.1, -0.05) is 72.8 Å². The summed E-state index contributed by atoms with van der Waals surface area (Å²) >= 11 is 0. The van der Waals surface area contributed by atoms with E-state index in [1.54, 1.807) is 0 Å². The number of H-pyrrole nitrogens is 1. The second-order valence-corrected chi connectivity index (χ2v) is 9.66. The zero-order valence-electron chi connectivity index (χ0n) is 19.4. The van der Waals surface area contributed by atoms with Crippen molar-refractivity contribution < 1.29 is 4.74 Å². The van der Waals surface area contributed by atoms with Crippen LogP contribution >= 0.6 is 0 Å². The zero-order valence-corrected chi connectivity index (χ0v) is 19.4. The molecule has 3 heteroatoms. The van der Waals surface area contributed by atoms with E-state index >= 15 is 0 Å². The van der Waals surface area contributed by atoms with E-state index in [0.717, 1.165) is 31.7 Å². The number of nitrogens with one attached hydrogen (secondary N) is 1. The highest BCUT2D eigenvalue weighted by Crippen LogP contribution is 2.44. The van der Waals surface area contributed by atoms with Crippen molar-refractivity contribution in [3.05, 3.63) is 113 Å². The van der Waals surface area contributed by atoms with E-state index in [9.17, 15) is 0 Å². The van der Waals surface area contributed by atoms with Crippen molar-refractivity contribution in [2.24, 2.45) is 0 Å². The first-order valence-corrected chi connectivity index (χ1v) is 12.4. The maximum Gasteiger partial charge on any atom is 0.122 e. The molecule has 0 amide bonds. The molecule has 0 bridgehead atoms. The smallest absolute Gasteiger partial charge is 0.122 e. The maximum absolute atomic E-state index is 5.83. The number of fused-ring (bicyclic) bond motifs is 5. The number of ether oxygens (including phenoxy) is 1. The lowest BCUT2D eigenvalue weighted by atomic mass is 9.88. The van der Waals surface area contributed by atoms with E-state index in [0.29, 0.717) is 0 Å². The normalized spacial score (nSPS) is 18.6. The Labute approximate surface area is 200 Å². The fourth-order valence-corrected chi connectivity index (χ4v) is 6.20. The van der Waals surface area contributed by atoms with Crippen LogP contribution in [0.2, 0.25) is 0 Å². The summed E-state index contributed by atoms with van der Waals surface area (Å²) in [6.07, 6.45) is 2.05. The number of hydrogen-bond donors (Lipinski definition) is 1. The van der Waals surface area contributed by atoms with Crippen molar-refractivity contribution in [3.63, 3.8) is 0 Å². The average molecular weight is 445 g/mol. The van der Waals surface area contributed by atoms with E-state index < -0.39 is 0 Å². The van der Waals surface area contributed by atoms with Crippen molar-refractivity contribution in [1.29, 1.82) is 0 Å². The van der Waals surface area contributed by atoms with Gasteiger partial charge in [0, 0.05) is 35.6 Å². The highest BCUT2D eigenvalue weighted by Gasteiger charge is 2.35. The molecule has 168 valence electrons. The van der Waals surface area contributed by atoms with E-state index in [4.69, 9.17) is 4.74 Å². The average Bonchev–Trinajstić information content (AvgIpc) is 3.51. The third-order valence-corrected chi connectivity index (χ3v) is 7.87. The summed E-state index contributed by atoms with van der Waals surface area (Å²) in [5.74, 6) is 1.05. The lowest BCUT2D eigenvalue weighted by molar-refractivity contribution is 0.156. The van der Waals surface area contributed by atoms with E-state index in [1.807, 2.05) is 0 Å². The summed E-state index contributed by atoms with van der Waals surface area (Å²) in [4.78, 5) is 6.52. The first-order chi connectivity index (χ1) is 16.8. The molecule has 1 N–H and O–H groups in total. The standard InChI is InChI=1S/C31H28N2O/c1-20(24-11-6-8-21-7-2-3-9-25(21)24)33-17-15-27-26-10-4-5-12-28(26)32-30(27)31(33)23-13-14-29-22(19-23)16-18-34-29/h2-14,19-20,31-32H,15-18H2,1H3/t20-,31+/m1/s1. The van der Waals surface area contributed by atoms with Crippen LogP contribution in [0, 0.1) is 0 Å². The van der Waals surface area contributed by atoms with Gasteiger partial charge >= 0.3 is 0 Å². The molecule has 1 aromatic heterocycles. The van der Waals surface area contributed by atoms with Crippen molar-refractivity contribution in [2.75, 3.05) is 13.2 Å². The molecule has 0 unspecified atom stereocenters. The van der Waals surface area contributed by atoms with Crippen LogP contribution in [0.15, 0.2) is 84.9 Å². The van der Waals surface area contributed by atoms with Crippen LogP contribution in [-0.2, 0) is 12.8 Å². The van der Waals surface area contributed by atoms with Crippen LogP contribution in [0.4, 0.5) is 0 Å². The summed E-state index contributed by atoms with van der Waals surface area (Å²) in [6.45, 7) is 4.19. The van der Waals surface area contributed by atoms with Gasteiger partial charge in [0.1, 0.15) is 5.75 Å². The van der Waals surface area contributed by atoms with Gasteiger partial charge in [-0.05, 0) is 58.5 Å². The Kier molecular flexibility index (Phi) is 4.53. The molecule has 2 atom stereocenters. The molecule has 7 rings (SSSR count). The number of hydrogen-bond acceptors (Lipinski definition) is 2. The topological polar surface area (TPSA) is 28.3 Å². The van der Waals surface area contributed by atoms with Crippen molar-refractivity contribution >= 4 is 21.7 Å². The van der Waals surface area contributed by atoms with E-state index in [1.165, 1.54) is 49.6 Å². The summed E-state index contributed by atoms with van der Waals surface area (Å²) < 4.78 is 5.83. The molecule has 3 nitrogen and oxygen atoms in total. The second-order valence-electron chi connectivity index (χ2n) is 9.66. The molecule has 0 radical (unpaired) electrons. The van der Waals surface area contributed by atoms with Gasteiger partial charge in [0.15, 0.2) is 0 Å². The zero-order chi connectivity index (χ0) is 22.6. The van der Waals surface area contributed by atoms with Crippen molar-refractivity contribution in [1.82, 2.24) is 9.88 Å². The fraction of sp³-hybridized carbons (Fsp3) is 0.226. The van der Waals surface area contributed by atoms with Gasteiger partial charge in [0.25, 0.3) is 0 Å². The molecular weight excluding hydrogens is 416 g/mol.